The Bertz CT molecular complexity index is 2740. The standard InChI is InChI=1S/C58H53N/c1-57(2)50-25-13-9-22-44(50)47-33-30-41(36-53(47)57)59(56-28-16-12-21-43(56)39-19-7-4-8-20-39)42-31-34-49-48-32-29-40(38-17-5-3-6-18-38)35-54(48)58(55(49)37-42)51-26-14-10-23-45(51)46-24-11-15-27-52(46)58/h9-16,21-39H,3-8,17-20H2,1-2H3. The average molecular weight is 764 g/mol. The molecule has 0 amide bonds. The van der Waals surface area contributed by atoms with Crippen LogP contribution in [-0.2, 0) is 10.8 Å². The van der Waals surface area contributed by atoms with Crippen molar-refractivity contribution in [1.29, 1.82) is 0 Å². The van der Waals surface area contributed by atoms with Crippen molar-refractivity contribution < 1.29 is 0 Å². The summed E-state index contributed by atoms with van der Waals surface area (Å²) in [4.78, 5) is 2.64. The van der Waals surface area contributed by atoms with E-state index in [1.165, 1.54) is 159 Å². The first-order valence-electron chi connectivity index (χ1n) is 22.7. The van der Waals surface area contributed by atoms with Crippen LogP contribution in [0.3, 0.4) is 0 Å². The van der Waals surface area contributed by atoms with E-state index in [4.69, 9.17) is 0 Å². The Labute approximate surface area is 350 Å². The minimum Gasteiger partial charge on any atom is -0.310 e. The molecule has 0 bridgehead atoms. The molecule has 1 nitrogen and oxygen atoms in total. The number of benzene rings is 7. The van der Waals surface area contributed by atoms with E-state index in [0.717, 1.165) is 0 Å². The van der Waals surface area contributed by atoms with Crippen molar-refractivity contribution in [3.05, 3.63) is 196 Å². The summed E-state index contributed by atoms with van der Waals surface area (Å²) in [6.45, 7) is 4.82. The van der Waals surface area contributed by atoms with Gasteiger partial charge in [0, 0.05) is 22.5 Å². The zero-order valence-corrected chi connectivity index (χ0v) is 34.6. The Kier molecular flexibility index (Phi) is 8.04. The molecule has 7 aromatic rings. The maximum absolute atomic E-state index is 2.65. The van der Waals surface area contributed by atoms with E-state index in [1.54, 1.807) is 0 Å². The predicted octanol–water partition coefficient (Wildman–Crippen LogP) is 15.9. The van der Waals surface area contributed by atoms with Crippen LogP contribution in [0.5, 0.6) is 0 Å². The average Bonchev–Trinajstić information content (AvgIpc) is 3.85. The largest absolute Gasteiger partial charge is 0.310 e. The molecule has 290 valence electrons. The Morgan fingerprint density at radius 2 is 0.847 bits per heavy atom. The van der Waals surface area contributed by atoms with Gasteiger partial charge in [-0.25, -0.2) is 0 Å². The van der Waals surface area contributed by atoms with Crippen molar-refractivity contribution >= 4 is 17.1 Å². The summed E-state index contributed by atoms with van der Waals surface area (Å²) in [5.74, 6) is 1.20. The Hall–Kier alpha value is -5.66. The predicted molar refractivity (Wildman–Crippen MR) is 247 cm³/mol. The summed E-state index contributed by atoms with van der Waals surface area (Å²) in [6.07, 6.45) is 13.1. The molecule has 0 atom stereocenters. The van der Waals surface area contributed by atoms with Gasteiger partial charge in [-0.15, -0.1) is 0 Å². The van der Waals surface area contributed by atoms with Crippen molar-refractivity contribution in [3.63, 3.8) is 0 Å². The lowest BCUT2D eigenvalue weighted by Crippen LogP contribution is -2.26. The highest BCUT2D eigenvalue weighted by atomic mass is 15.1. The molecule has 7 aromatic carbocycles. The highest BCUT2D eigenvalue weighted by Crippen LogP contribution is 2.64. The number of hydrogen-bond donors (Lipinski definition) is 0. The van der Waals surface area contributed by atoms with Crippen LogP contribution in [0.2, 0.25) is 0 Å². The summed E-state index contributed by atoms with van der Waals surface area (Å²) in [5.41, 5.74) is 23.1. The van der Waals surface area contributed by atoms with Crippen LogP contribution >= 0.6 is 0 Å². The molecule has 0 radical (unpaired) electrons. The molecule has 2 saturated carbocycles. The van der Waals surface area contributed by atoms with Gasteiger partial charge in [0.2, 0.25) is 0 Å². The second-order valence-electron chi connectivity index (χ2n) is 18.8. The summed E-state index contributed by atoms with van der Waals surface area (Å²) >= 11 is 0. The summed E-state index contributed by atoms with van der Waals surface area (Å²) in [5, 5.41) is 0. The first kappa shape index (κ1) is 35.3. The van der Waals surface area contributed by atoms with Crippen molar-refractivity contribution in [2.45, 2.75) is 101 Å². The third-order valence-electron chi connectivity index (χ3n) is 15.5. The molecule has 0 aromatic heterocycles. The lowest BCUT2D eigenvalue weighted by molar-refractivity contribution is 0.443. The molecular formula is C58H53N. The van der Waals surface area contributed by atoms with Gasteiger partial charge < -0.3 is 4.90 Å². The fourth-order valence-corrected chi connectivity index (χ4v) is 12.7. The summed E-state index contributed by atoms with van der Waals surface area (Å²) in [7, 11) is 0. The Morgan fingerprint density at radius 1 is 0.390 bits per heavy atom. The number of fused-ring (bicyclic) bond motifs is 13. The Balaban J connectivity index is 1.11. The molecule has 12 rings (SSSR count). The smallest absolute Gasteiger partial charge is 0.0726 e. The van der Waals surface area contributed by atoms with Gasteiger partial charge in [0.1, 0.15) is 0 Å². The van der Waals surface area contributed by atoms with Crippen LogP contribution in [0, 0.1) is 0 Å². The van der Waals surface area contributed by atoms with Crippen LogP contribution in [0.1, 0.15) is 134 Å². The molecule has 0 aliphatic heterocycles. The van der Waals surface area contributed by atoms with Crippen molar-refractivity contribution in [2.75, 3.05) is 4.90 Å². The molecule has 59 heavy (non-hydrogen) atoms. The first-order chi connectivity index (χ1) is 29.0. The lowest BCUT2D eigenvalue weighted by atomic mass is 9.69. The van der Waals surface area contributed by atoms with Gasteiger partial charge in [0.05, 0.1) is 5.41 Å². The molecule has 0 saturated heterocycles. The van der Waals surface area contributed by atoms with E-state index in [9.17, 15) is 0 Å². The van der Waals surface area contributed by atoms with E-state index in [-0.39, 0.29) is 5.41 Å². The lowest BCUT2D eigenvalue weighted by Gasteiger charge is -2.34. The third-order valence-corrected chi connectivity index (χ3v) is 15.5. The van der Waals surface area contributed by atoms with E-state index in [0.29, 0.717) is 11.8 Å². The zero-order chi connectivity index (χ0) is 39.3. The second-order valence-corrected chi connectivity index (χ2v) is 18.8. The van der Waals surface area contributed by atoms with Gasteiger partial charge in [-0.1, -0.05) is 174 Å². The summed E-state index contributed by atoms with van der Waals surface area (Å²) in [6, 6.07) is 59.6. The number of rotatable bonds is 5. The number of nitrogens with zero attached hydrogens (tertiary/aromatic N) is 1. The fraction of sp³-hybridized carbons (Fsp3) is 0.276. The van der Waals surface area contributed by atoms with Crippen LogP contribution < -0.4 is 4.90 Å². The highest BCUT2D eigenvalue weighted by molar-refractivity contribution is 5.97. The molecule has 0 heterocycles. The fourth-order valence-electron chi connectivity index (χ4n) is 12.7. The molecule has 5 aliphatic carbocycles. The van der Waals surface area contributed by atoms with Gasteiger partial charge in [0.15, 0.2) is 0 Å². The molecule has 5 aliphatic rings. The van der Waals surface area contributed by atoms with Gasteiger partial charge in [0.25, 0.3) is 0 Å². The second kappa shape index (κ2) is 13.4. The van der Waals surface area contributed by atoms with Crippen LogP contribution in [0.4, 0.5) is 17.1 Å². The monoisotopic (exact) mass is 763 g/mol. The first-order valence-corrected chi connectivity index (χ1v) is 22.7. The Morgan fingerprint density at radius 3 is 1.49 bits per heavy atom. The van der Waals surface area contributed by atoms with Crippen molar-refractivity contribution in [2.24, 2.45) is 0 Å². The highest BCUT2D eigenvalue weighted by Gasteiger charge is 2.52. The van der Waals surface area contributed by atoms with Crippen LogP contribution in [0.15, 0.2) is 152 Å². The van der Waals surface area contributed by atoms with E-state index in [2.05, 4.69) is 170 Å². The van der Waals surface area contributed by atoms with E-state index >= 15 is 0 Å². The third kappa shape index (κ3) is 5.10. The SMILES string of the molecule is CC1(C)c2ccccc2-c2ccc(N(c3ccc4c(c3)C3(c5ccccc5-c5ccccc53)c3cc(C5CCCCC5)ccc3-4)c3ccccc3C3CCCCC3)cc21. The van der Waals surface area contributed by atoms with E-state index < -0.39 is 5.41 Å². The van der Waals surface area contributed by atoms with Crippen molar-refractivity contribution in [3.8, 4) is 33.4 Å². The summed E-state index contributed by atoms with van der Waals surface area (Å²) < 4.78 is 0. The maximum Gasteiger partial charge on any atom is 0.0726 e. The molecular weight excluding hydrogens is 711 g/mol. The van der Waals surface area contributed by atoms with Gasteiger partial charge in [-0.2, -0.15) is 0 Å². The molecule has 0 N–H and O–H groups in total. The van der Waals surface area contributed by atoms with Gasteiger partial charge in [-0.3, -0.25) is 0 Å². The minimum absolute atomic E-state index is 0.0898. The molecule has 1 heteroatoms. The van der Waals surface area contributed by atoms with Crippen molar-refractivity contribution in [1.82, 2.24) is 0 Å². The van der Waals surface area contributed by atoms with Gasteiger partial charge >= 0.3 is 0 Å². The number of hydrogen-bond acceptors (Lipinski definition) is 1. The molecule has 2 fully saturated rings. The minimum atomic E-state index is -0.394. The van der Waals surface area contributed by atoms with E-state index in [1.807, 2.05) is 0 Å². The molecule has 0 unspecified atom stereocenters. The quantitative estimate of drug-likeness (QED) is 0.169. The topological polar surface area (TPSA) is 3.24 Å². The zero-order valence-electron chi connectivity index (χ0n) is 34.6. The molecule has 1 spiro atoms. The van der Waals surface area contributed by atoms with Crippen LogP contribution in [0.25, 0.3) is 33.4 Å². The van der Waals surface area contributed by atoms with Gasteiger partial charge in [-0.05, 0) is 146 Å². The number of anilines is 3. The van der Waals surface area contributed by atoms with Crippen LogP contribution in [-0.4, -0.2) is 0 Å². The maximum atomic E-state index is 2.65. The normalized spacial score (nSPS) is 18.1. The number of para-hydroxylation sites is 1.